The topological polar surface area (TPSA) is 104 Å². The van der Waals surface area contributed by atoms with Crippen molar-refractivity contribution < 1.29 is 24.6 Å². The summed E-state index contributed by atoms with van der Waals surface area (Å²) in [5.74, 6) is -3.20. The average molecular weight is 319 g/mol. The Balaban J connectivity index is 0.000000379. The van der Waals surface area contributed by atoms with Crippen molar-refractivity contribution in [3.8, 4) is 0 Å². The van der Waals surface area contributed by atoms with Gasteiger partial charge in [0.1, 0.15) is 0 Å². The number of carbonyl (C=O) groups is 3. The van der Waals surface area contributed by atoms with E-state index in [9.17, 15) is 4.79 Å². The average Bonchev–Trinajstić information content (AvgIpc) is 2.74. The van der Waals surface area contributed by atoms with E-state index < -0.39 is 11.9 Å². The van der Waals surface area contributed by atoms with Gasteiger partial charge in [-0.05, 0) is 30.9 Å². The lowest BCUT2D eigenvalue weighted by molar-refractivity contribution is -0.159. The molecule has 0 aromatic heterocycles. The first-order valence-electron chi connectivity index (χ1n) is 7.42. The summed E-state index contributed by atoms with van der Waals surface area (Å²) >= 11 is 0. The van der Waals surface area contributed by atoms with E-state index in [1.807, 2.05) is 24.3 Å². The quantitative estimate of drug-likeness (QED) is 0.732. The third-order valence-electron chi connectivity index (χ3n) is 3.35. The van der Waals surface area contributed by atoms with Gasteiger partial charge in [-0.25, -0.2) is 9.59 Å². The molecule has 1 aliphatic carbocycles. The molecule has 0 saturated heterocycles. The molecule has 2 rings (SSSR count). The molecule has 0 saturated carbocycles. The standard InChI is InChI=1S/C15H19NO.C2H2O4/c17-15-10-6-2-5-9-14(15)12-16-11-13-7-3-1-4-8-13;3-1(4)2(5)6/h1,3-4,6-8,10,14,16H,2,5,9,11-12H2;(H,3,4)(H,5,6). The fourth-order valence-corrected chi connectivity index (χ4v) is 2.15. The summed E-state index contributed by atoms with van der Waals surface area (Å²) in [6.07, 6.45) is 6.93. The number of allylic oxidation sites excluding steroid dienone is 2. The molecule has 0 bridgehead atoms. The minimum Gasteiger partial charge on any atom is -0.473 e. The molecular weight excluding hydrogens is 298 g/mol. The molecule has 0 radical (unpaired) electrons. The number of hydrogen-bond donors (Lipinski definition) is 3. The molecule has 1 unspecified atom stereocenters. The van der Waals surface area contributed by atoms with E-state index in [1.54, 1.807) is 6.08 Å². The Morgan fingerprint density at radius 1 is 1.13 bits per heavy atom. The number of carbonyl (C=O) groups excluding carboxylic acids is 1. The van der Waals surface area contributed by atoms with Crippen LogP contribution in [0.15, 0.2) is 42.5 Å². The zero-order chi connectivity index (χ0) is 17.1. The lowest BCUT2D eigenvalue weighted by Gasteiger charge is -2.13. The number of carboxylic acid groups (broad SMARTS) is 2. The number of benzene rings is 1. The van der Waals surface area contributed by atoms with E-state index in [4.69, 9.17) is 19.8 Å². The molecule has 0 spiro atoms. The predicted molar refractivity (Wildman–Crippen MR) is 84.9 cm³/mol. The summed E-state index contributed by atoms with van der Waals surface area (Å²) in [5, 5.41) is 18.2. The second-order valence-corrected chi connectivity index (χ2v) is 5.16. The number of ketones is 1. The molecule has 0 heterocycles. The van der Waals surface area contributed by atoms with E-state index in [0.29, 0.717) is 0 Å². The highest BCUT2D eigenvalue weighted by atomic mass is 16.4. The van der Waals surface area contributed by atoms with Crippen LogP contribution in [0.1, 0.15) is 24.8 Å². The molecule has 23 heavy (non-hydrogen) atoms. The number of rotatable bonds is 4. The van der Waals surface area contributed by atoms with E-state index in [-0.39, 0.29) is 11.7 Å². The molecule has 6 nitrogen and oxygen atoms in total. The second-order valence-electron chi connectivity index (χ2n) is 5.16. The van der Waals surface area contributed by atoms with E-state index in [1.165, 1.54) is 5.56 Å². The Morgan fingerprint density at radius 3 is 2.39 bits per heavy atom. The molecule has 0 fully saturated rings. The maximum absolute atomic E-state index is 11.7. The normalized spacial score (nSPS) is 16.9. The van der Waals surface area contributed by atoms with Crippen LogP contribution in [0, 0.1) is 5.92 Å². The van der Waals surface area contributed by atoms with Gasteiger partial charge in [0.2, 0.25) is 0 Å². The van der Waals surface area contributed by atoms with Gasteiger partial charge in [-0.2, -0.15) is 0 Å². The van der Waals surface area contributed by atoms with Crippen LogP contribution in [0.2, 0.25) is 0 Å². The summed E-state index contributed by atoms with van der Waals surface area (Å²) < 4.78 is 0. The van der Waals surface area contributed by atoms with Crippen LogP contribution in [0.4, 0.5) is 0 Å². The summed E-state index contributed by atoms with van der Waals surface area (Å²) in [6.45, 7) is 1.63. The van der Waals surface area contributed by atoms with E-state index >= 15 is 0 Å². The molecule has 1 aliphatic rings. The van der Waals surface area contributed by atoms with Crippen LogP contribution in [-0.4, -0.2) is 34.5 Å². The summed E-state index contributed by atoms with van der Waals surface area (Å²) in [7, 11) is 0. The first-order valence-corrected chi connectivity index (χ1v) is 7.42. The van der Waals surface area contributed by atoms with Gasteiger partial charge in [0.15, 0.2) is 5.78 Å². The fourth-order valence-electron chi connectivity index (χ4n) is 2.15. The zero-order valence-electron chi connectivity index (χ0n) is 12.8. The number of hydrogen-bond acceptors (Lipinski definition) is 4. The third kappa shape index (κ3) is 7.92. The van der Waals surface area contributed by atoms with Crippen molar-refractivity contribution >= 4 is 17.7 Å². The molecule has 0 amide bonds. The van der Waals surface area contributed by atoms with Gasteiger partial charge < -0.3 is 15.5 Å². The van der Waals surface area contributed by atoms with Crippen molar-refractivity contribution in [2.24, 2.45) is 5.92 Å². The van der Waals surface area contributed by atoms with Crippen molar-refractivity contribution in [2.75, 3.05) is 6.54 Å². The monoisotopic (exact) mass is 319 g/mol. The minimum absolute atomic E-state index is 0.164. The van der Waals surface area contributed by atoms with E-state index in [0.717, 1.165) is 32.4 Å². The van der Waals surface area contributed by atoms with Crippen LogP contribution in [0.5, 0.6) is 0 Å². The van der Waals surface area contributed by atoms with Gasteiger partial charge >= 0.3 is 11.9 Å². The van der Waals surface area contributed by atoms with Gasteiger partial charge in [-0.1, -0.05) is 36.4 Å². The largest absolute Gasteiger partial charge is 0.473 e. The van der Waals surface area contributed by atoms with Crippen molar-refractivity contribution in [1.82, 2.24) is 5.32 Å². The van der Waals surface area contributed by atoms with Crippen molar-refractivity contribution in [3.05, 3.63) is 48.0 Å². The molecule has 124 valence electrons. The summed E-state index contributed by atoms with van der Waals surface area (Å²) in [5.41, 5.74) is 1.27. The number of carboxylic acids is 2. The lowest BCUT2D eigenvalue weighted by atomic mass is 9.99. The minimum atomic E-state index is -1.82. The maximum Gasteiger partial charge on any atom is 0.414 e. The highest BCUT2D eigenvalue weighted by Gasteiger charge is 2.16. The Kier molecular flexibility index (Phi) is 8.31. The maximum atomic E-state index is 11.7. The van der Waals surface area contributed by atoms with Crippen LogP contribution in [0.3, 0.4) is 0 Å². The Labute approximate surface area is 134 Å². The first kappa shape index (κ1) is 18.6. The number of aliphatic carboxylic acids is 2. The third-order valence-corrected chi connectivity index (χ3v) is 3.35. The van der Waals surface area contributed by atoms with E-state index in [2.05, 4.69) is 17.4 Å². The van der Waals surface area contributed by atoms with Gasteiger partial charge in [0.05, 0.1) is 0 Å². The van der Waals surface area contributed by atoms with Crippen LogP contribution in [0.25, 0.3) is 0 Å². The Hall–Kier alpha value is -2.47. The fraction of sp³-hybridized carbons (Fsp3) is 0.353. The lowest BCUT2D eigenvalue weighted by Crippen LogP contribution is -2.27. The smallest absolute Gasteiger partial charge is 0.414 e. The zero-order valence-corrected chi connectivity index (χ0v) is 12.8. The molecule has 6 heteroatoms. The van der Waals surface area contributed by atoms with Gasteiger partial charge in [-0.3, -0.25) is 4.79 Å². The second kappa shape index (κ2) is 10.3. The highest BCUT2D eigenvalue weighted by molar-refractivity contribution is 6.27. The van der Waals surface area contributed by atoms with Gasteiger partial charge in [0, 0.05) is 19.0 Å². The Bertz CT molecular complexity index is 541. The molecule has 0 aliphatic heterocycles. The van der Waals surface area contributed by atoms with Crippen molar-refractivity contribution in [2.45, 2.75) is 25.8 Å². The number of nitrogens with one attached hydrogen (secondary N) is 1. The molecule has 3 N–H and O–H groups in total. The first-order chi connectivity index (χ1) is 11.0. The molecule has 1 aromatic rings. The van der Waals surface area contributed by atoms with Crippen LogP contribution >= 0.6 is 0 Å². The molecule has 1 atom stereocenters. The van der Waals surface area contributed by atoms with Crippen molar-refractivity contribution in [3.63, 3.8) is 0 Å². The van der Waals surface area contributed by atoms with Crippen LogP contribution in [-0.2, 0) is 20.9 Å². The van der Waals surface area contributed by atoms with Crippen molar-refractivity contribution in [1.29, 1.82) is 0 Å². The molecule has 1 aromatic carbocycles. The predicted octanol–water partition coefficient (Wildman–Crippen LogP) is 1.86. The summed E-state index contributed by atoms with van der Waals surface area (Å²) in [6, 6.07) is 10.3. The Morgan fingerprint density at radius 2 is 1.78 bits per heavy atom. The van der Waals surface area contributed by atoms with Gasteiger partial charge in [-0.15, -0.1) is 0 Å². The molecular formula is C17H21NO5. The van der Waals surface area contributed by atoms with Crippen LogP contribution < -0.4 is 5.32 Å². The highest BCUT2D eigenvalue weighted by Crippen LogP contribution is 2.14. The van der Waals surface area contributed by atoms with Gasteiger partial charge in [0.25, 0.3) is 0 Å². The summed E-state index contributed by atoms with van der Waals surface area (Å²) in [4.78, 5) is 29.9. The SMILES string of the molecule is O=C(O)C(=O)O.O=C1C=CCCCC1CNCc1ccccc1.